The molecule has 0 unspecified atom stereocenters. The SMILES string of the molecule is CCOC(=O)[C@@H](NC(=O)c1ccccc1)c1nnc(C(F)(F)c2ccccc2)o1. The maximum atomic E-state index is 14.6. The van der Waals surface area contributed by atoms with Gasteiger partial charge in [-0.1, -0.05) is 48.5 Å². The van der Waals surface area contributed by atoms with Crippen molar-refractivity contribution in [2.24, 2.45) is 0 Å². The van der Waals surface area contributed by atoms with E-state index in [2.05, 4.69) is 15.5 Å². The molecule has 29 heavy (non-hydrogen) atoms. The topological polar surface area (TPSA) is 94.3 Å². The van der Waals surface area contributed by atoms with E-state index in [0.717, 1.165) is 0 Å². The Labute approximate surface area is 164 Å². The van der Waals surface area contributed by atoms with Crippen LogP contribution in [0.3, 0.4) is 0 Å². The monoisotopic (exact) mass is 401 g/mol. The number of ether oxygens (including phenoxy) is 1. The molecule has 1 atom stereocenters. The van der Waals surface area contributed by atoms with Gasteiger partial charge in [0.05, 0.1) is 6.61 Å². The molecule has 9 heteroatoms. The van der Waals surface area contributed by atoms with Crippen LogP contribution in [0.2, 0.25) is 0 Å². The van der Waals surface area contributed by atoms with Gasteiger partial charge in [0.25, 0.3) is 17.7 Å². The Hall–Kier alpha value is -3.62. The van der Waals surface area contributed by atoms with E-state index in [1.807, 2.05) is 0 Å². The van der Waals surface area contributed by atoms with E-state index < -0.39 is 35.6 Å². The van der Waals surface area contributed by atoms with Crippen molar-refractivity contribution in [1.29, 1.82) is 0 Å². The molecule has 2 aromatic carbocycles. The number of benzene rings is 2. The number of nitrogens with one attached hydrogen (secondary N) is 1. The molecule has 0 fully saturated rings. The van der Waals surface area contributed by atoms with Gasteiger partial charge in [-0.05, 0) is 19.1 Å². The van der Waals surface area contributed by atoms with Crippen molar-refractivity contribution in [2.45, 2.75) is 18.9 Å². The first-order valence-corrected chi connectivity index (χ1v) is 8.73. The molecule has 0 spiro atoms. The Morgan fingerprint density at radius 3 is 2.31 bits per heavy atom. The summed E-state index contributed by atoms with van der Waals surface area (Å²) >= 11 is 0. The van der Waals surface area contributed by atoms with Gasteiger partial charge >= 0.3 is 11.9 Å². The third kappa shape index (κ3) is 4.45. The van der Waals surface area contributed by atoms with E-state index in [1.165, 1.54) is 36.4 Å². The molecule has 0 aliphatic rings. The highest BCUT2D eigenvalue weighted by Crippen LogP contribution is 2.35. The molecule has 1 aromatic heterocycles. The fourth-order valence-corrected chi connectivity index (χ4v) is 2.50. The van der Waals surface area contributed by atoms with Gasteiger partial charge in [0, 0.05) is 11.1 Å². The minimum atomic E-state index is -3.57. The number of rotatable bonds is 7. The standard InChI is InChI=1S/C20H17F2N3O4/c1-2-28-18(27)15(23-16(26)13-9-5-3-6-10-13)17-24-25-19(29-17)20(21,22)14-11-7-4-8-12-14/h3-12,15H,2H2,1H3,(H,23,26)/t15-/m0/s1. The Kier molecular flexibility index (Phi) is 5.96. The predicted molar refractivity (Wildman–Crippen MR) is 97.0 cm³/mol. The van der Waals surface area contributed by atoms with E-state index in [0.29, 0.717) is 0 Å². The highest BCUT2D eigenvalue weighted by atomic mass is 19.3. The molecule has 1 heterocycles. The average molecular weight is 401 g/mol. The van der Waals surface area contributed by atoms with E-state index in [1.54, 1.807) is 31.2 Å². The minimum absolute atomic E-state index is 0.0116. The van der Waals surface area contributed by atoms with E-state index in [4.69, 9.17) is 9.15 Å². The number of carbonyl (C=O) groups excluding carboxylic acids is 2. The van der Waals surface area contributed by atoms with Gasteiger partial charge < -0.3 is 14.5 Å². The summed E-state index contributed by atoms with van der Waals surface area (Å²) < 4.78 is 39.3. The van der Waals surface area contributed by atoms with Crippen LogP contribution >= 0.6 is 0 Å². The van der Waals surface area contributed by atoms with Crippen LogP contribution in [0, 0.1) is 0 Å². The van der Waals surface area contributed by atoms with Gasteiger partial charge in [0.1, 0.15) is 0 Å². The van der Waals surface area contributed by atoms with Crippen molar-refractivity contribution in [3.63, 3.8) is 0 Å². The number of alkyl halides is 2. The first-order chi connectivity index (χ1) is 13.9. The lowest BCUT2D eigenvalue weighted by atomic mass is 10.1. The Morgan fingerprint density at radius 1 is 1.07 bits per heavy atom. The van der Waals surface area contributed by atoms with Crippen LogP contribution in [-0.4, -0.2) is 28.7 Å². The molecule has 0 aliphatic carbocycles. The molecule has 1 amide bonds. The first-order valence-electron chi connectivity index (χ1n) is 8.73. The van der Waals surface area contributed by atoms with Crippen LogP contribution in [-0.2, 0) is 15.5 Å². The van der Waals surface area contributed by atoms with Gasteiger partial charge in [-0.15, -0.1) is 10.2 Å². The quantitative estimate of drug-likeness (QED) is 0.611. The van der Waals surface area contributed by atoms with Gasteiger partial charge in [0.2, 0.25) is 6.04 Å². The molecule has 0 bridgehead atoms. The normalized spacial score (nSPS) is 12.2. The summed E-state index contributed by atoms with van der Waals surface area (Å²) in [5.41, 5.74) is -0.0904. The number of carbonyl (C=O) groups is 2. The minimum Gasteiger partial charge on any atom is -0.464 e. The molecular formula is C20H17F2N3O4. The second-order valence-electron chi connectivity index (χ2n) is 5.91. The zero-order valence-corrected chi connectivity index (χ0v) is 15.3. The van der Waals surface area contributed by atoms with Crippen molar-refractivity contribution in [1.82, 2.24) is 15.5 Å². The second kappa shape index (κ2) is 8.59. The molecule has 3 aromatic rings. The Balaban J connectivity index is 1.89. The Morgan fingerprint density at radius 2 is 1.69 bits per heavy atom. The molecule has 0 aliphatic heterocycles. The number of aromatic nitrogens is 2. The molecule has 3 rings (SSSR count). The van der Waals surface area contributed by atoms with Crippen LogP contribution in [0.4, 0.5) is 8.78 Å². The highest BCUT2D eigenvalue weighted by Gasteiger charge is 2.42. The first kappa shape index (κ1) is 20.1. The zero-order chi connectivity index (χ0) is 20.9. The third-order valence-electron chi connectivity index (χ3n) is 3.93. The lowest BCUT2D eigenvalue weighted by Gasteiger charge is -2.15. The van der Waals surface area contributed by atoms with Crippen LogP contribution in [0.15, 0.2) is 65.1 Å². The number of esters is 1. The highest BCUT2D eigenvalue weighted by molar-refractivity contribution is 5.96. The predicted octanol–water partition coefficient (Wildman–Crippen LogP) is 3.24. The average Bonchev–Trinajstić information content (AvgIpc) is 3.24. The van der Waals surface area contributed by atoms with Crippen molar-refractivity contribution in [3.8, 4) is 0 Å². The van der Waals surface area contributed by atoms with Crippen LogP contribution in [0.5, 0.6) is 0 Å². The number of hydrogen-bond acceptors (Lipinski definition) is 6. The van der Waals surface area contributed by atoms with E-state index in [-0.39, 0.29) is 17.7 Å². The summed E-state index contributed by atoms with van der Waals surface area (Å²) in [6.45, 7) is 1.58. The number of halogens is 2. The van der Waals surface area contributed by atoms with Gasteiger partial charge in [-0.25, -0.2) is 4.79 Å². The third-order valence-corrected chi connectivity index (χ3v) is 3.93. The second-order valence-corrected chi connectivity index (χ2v) is 5.91. The smallest absolute Gasteiger partial charge is 0.349 e. The van der Waals surface area contributed by atoms with Gasteiger partial charge in [-0.3, -0.25) is 4.79 Å². The van der Waals surface area contributed by atoms with E-state index in [9.17, 15) is 18.4 Å². The van der Waals surface area contributed by atoms with Gasteiger partial charge in [-0.2, -0.15) is 8.78 Å². The fourth-order valence-electron chi connectivity index (χ4n) is 2.50. The van der Waals surface area contributed by atoms with Crippen molar-refractivity contribution < 1.29 is 27.5 Å². The molecule has 0 radical (unpaired) electrons. The van der Waals surface area contributed by atoms with Gasteiger partial charge in [0.15, 0.2) is 0 Å². The zero-order valence-electron chi connectivity index (χ0n) is 15.3. The summed E-state index contributed by atoms with van der Waals surface area (Å²) in [5, 5.41) is 9.31. The molecule has 0 saturated heterocycles. The summed E-state index contributed by atoms with van der Waals surface area (Å²) in [4.78, 5) is 24.7. The molecule has 150 valence electrons. The number of nitrogens with zero attached hydrogens (tertiary/aromatic N) is 2. The summed E-state index contributed by atoms with van der Waals surface area (Å²) in [6.07, 6.45) is 0. The largest absolute Gasteiger partial charge is 0.464 e. The maximum Gasteiger partial charge on any atom is 0.349 e. The summed E-state index contributed by atoms with van der Waals surface area (Å²) in [7, 11) is 0. The lowest BCUT2D eigenvalue weighted by Crippen LogP contribution is -2.35. The lowest BCUT2D eigenvalue weighted by molar-refractivity contribution is -0.146. The van der Waals surface area contributed by atoms with Crippen LogP contribution < -0.4 is 5.32 Å². The summed E-state index contributed by atoms with van der Waals surface area (Å²) in [6, 6.07) is 13.4. The van der Waals surface area contributed by atoms with E-state index >= 15 is 0 Å². The fraction of sp³-hybridized carbons (Fsp3) is 0.200. The molecular weight excluding hydrogens is 384 g/mol. The Bertz CT molecular complexity index is 978. The number of hydrogen-bond donors (Lipinski definition) is 1. The van der Waals surface area contributed by atoms with Crippen LogP contribution in [0.1, 0.15) is 40.7 Å². The van der Waals surface area contributed by atoms with Crippen molar-refractivity contribution in [2.75, 3.05) is 6.61 Å². The van der Waals surface area contributed by atoms with Crippen LogP contribution in [0.25, 0.3) is 0 Å². The number of amides is 1. The van der Waals surface area contributed by atoms with Crippen molar-refractivity contribution in [3.05, 3.63) is 83.6 Å². The molecule has 1 N–H and O–H groups in total. The maximum absolute atomic E-state index is 14.6. The molecule has 0 saturated carbocycles. The van der Waals surface area contributed by atoms with Crippen molar-refractivity contribution >= 4 is 11.9 Å². The molecule has 7 nitrogen and oxygen atoms in total. The summed E-state index contributed by atoms with van der Waals surface area (Å²) in [5.74, 6) is -6.61.